The van der Waals surface area contributed by atoms with Gasteiger partial charge in [-0.15, -0.1) is 0 Å². The van der Waals surface area contributed by atoms with Crippen LogP contribution in [0, 0.1) is 0 Å². The Morgan fingerprint density at radius 3 is 2.59 bits per heavy atom. The molecule has 0 saturated heterocycles. The molecule has 2 rings (SSSR count). The van der Waals surface area contributed by atoms with E-state index in [1.165, 1.54) is 0 Å². The normalized spacial score (nSPS) is 10.2. The number of nitrogens with zero attached hydrogens (tertiary/aromatic N) is 1. The predicted octanol–water partition coefficient (Wildman–Crippen LogP) is 2.65. The molecule has 2 aromatic rings. The molecule has 0 spiro atoms. The van der Waals surface area contributed by atoms with Crippen LogP contribution in [-0.2, 0) is 6.54 Å². The highest BCUT2D eigenvalue weighted by Gasteiger charge is 2.07. The highest BCUT2D eigenvalue weighted by molar-refractivity contribution is 6.35. The van der Waals surface area contributed by atoms with E-state index >= 15 is 0 Å². The van der Waals surface area contributed by atoms with Gasteiger partial charge in [0.15, 0.2) is 0 Å². The number of carbonyl (C=O) groups excluding carboxylic acids is 1. The van der Waals surface area contributed by atoms with Crippen molar-refractivity contribution >= 4 is 29.1 Å². The molecule has 17 heavy (non-hydrogen) atoms. The molecular weight excluding hydrogens is 261 g/mol. The topological polar surface area (TPSA) is 57.8 Å². The molecule has 1 amide bonds. The van der Waals surface area contributed by atoms with Gasteiger partial charge in [0.1, 0.15) is 0 Å². The van der Waals surface area contributed by atoms with E-state index in [1.54, 1.807) is 30.7 Å². The molecule has 1 aromatic carbocycles. The number of aromatic amines is 1. The molecule has 88 valence electrons. The third kappa shape index (κ3) is 3.22. The maximum atomic E-state index is 11.8. The second-order valence-electron chi connectivity index (χ2n) is 3.42. The van der Waals surface area contributed by atoms with Crippen LogP contribution in [0.5, 0.6) is 0 Å². The van der Waals surface area contributed by atoms with Gasteiger partial charge in [-0.3, -0.25) is 4.79 Å². The van der Waals surface area contributed by atoms with Crippen molar-refractivity contribution in [3.8, 4) is 0 Å². The number of H-pyrrole nitrogens is 1. The van der Waals surface area contributed by atoms with Crippen LogP contribution in [0.2, 0.25) is 10.0 Å². The van der Waals surface area contributed by atoms with Crippen LogP contribution in [0.4, 0.5) is 0 Å². The average molecular weight is 270 g/mol. The molecule has 0 bridgehead atoms. The van der Waals surface area contributed by atoms with Crippen molar-refractivity contribution in [1.82, 2.24) is 15.3 Å². The predicted molar refractivity (Wildman–Crippen MR) is 66.2 cm³/mol. The lowest BCUT2D eigenvalue weighted by Crippen LogP contribution is -2.22. The Hall–Kier alpha value is -1.52. The number of aromatic nitrogens is 2. The minimum Gasteiger partial charge on any atom is -0.347 e. The number of rotatable bonds is 3. The number of imidazole rings is 1. The summed E-state index contributed by atoms with van der Waals surface area (Å²) in [6.07, 6.45) is 3.20. The summed E-state index contributed by atoms with van der Waals surface area (Å²) < 4.78 is 0. The Kier molecular flexibility index (Phi) is 3.66. The van der Waals surface area contributed by atoms with Gasteiger partial charge in [0, 0.05) is 21.8 Å². The minimum absolute atomic E-state index is 0.232. The summed E-state index contributed by atoms with van der Waals surface area (Å²) in [5.74, 6) is -0.232. The van der Waals surface area contributed by atoms with Gasteiger partial charge in [0.25, 0.3) is 5.91 Å². The van der Waals surface area contributed by atoms with Crippen LogP contribution in [0.1, 0.15) is 16.1 Å². The molecule has 1 aromatic heterocycles. The molecule has 0 aliphatic heterocycles. The van der Waals surface area contributed by atoms with Gasteiger partial charge < -0.3 is 10.3 Å². The zero-order valence-electron chi connectivity index (χ0n) is 8.71. The number of hydrogen-bond donors (Lipinski definition) is 2. The van der Waals surface area contributed by atoms with Gasteiger partial charge >= 0.3 is 0 Å². The first-order valence-corrected chi connectivity index (χ1v) is 5.62. The first-order valence-electron chi connectivity index (χ1n) is 4.86. The zero-order valence-corrected chi connectivity index (χ0v) is 10.2. The van der Waals surface area contributed by atoms with Crippen molar-refractivity contribution in [2.75, 3.05) is 0 Å². The van der Waals surface area contributed by atoms with Crippen molar-refractivity contribution in [2.45, 2.75) is 6.54 Å². The number of nitrogens with one attached hydrogen (secondary N) is 2. The largest absolute Gasteiger partial charge is 0.347 e. The summed E-state index contributed by atoms with van der Waals surface area (Å²) in [4.78, 5) is 18.5. The number of halogens is 2. The molecule has 6 heteroatoms. The monoisotopic (exact) mass is 269 g/mol. The van der Waals surface area contributed by atoms with Gasteiger partial charge in [-0.05, 0) is 18.2 Å². The Morgan fingerprint density at radius 1 is 1.29 bits per heavy atom. The Labute approximate surface area is 108 Å². The Bertz CT molecular complexity index is 505. The van der Waals surface area contributed by atoms with Crippen LogP contribution >= 0.6 is 23.2 Å². The second kappa shape index (κ2) is 5.21. The Balaban J connectivity index is 2.04. The van der Waals surface area contributed by atoms with E-state index in [2.05, 4.69) is 15.3 Å². The van der Waals surface area contributed by atoms with Crippen molar-refractivity contribution in [1.29, 1.82) is 0 Å². The smallest absolute Gasteiger partial charge is 0.251 e. The fourth-order valence-corrected chi connectivity index (χ4v) is 1.87. The van der Waals surface area contributed by atoms with E-state index in [4.69, 9.17) is 23.2 Å². The van der Waals surface area contributed by atoms with E-state index in [1.807, 2.05) is 0 Å². The van der Waals surface area contributed by atoms with Gasteiger partial charge in [-0.25, -0.2) is 4.98 Å². The van der Waals surface area contributed by atoms with Crippen molar-refractivity contribution < 1.29 is 4.79 Å². The molecule has 0 aliphatic carbocycles. The maximum absolute atomic E-state index is 11.8. The third-order valence-corrected chi connectivity index (χ3v) is 2.56. The molecule has 0 saturated carbocycles. The number of carbonyl (C=O) groups is 1. The van der Waals surface area contributed by atoms with E-state index in [-0.39, 0.29) is 5.91 Å². The summed E-state index contributed by atoms with van der Waals surface area (Å²) in [6.45, 7) is 0.378. The van der Waals surface area contributed by atoms with Gasteiger partial charge in [-0.1, -0.05) is 23.2 Å². The molecule has 0 radical (unpaired) electrons. The molecule has 2 N–H and O–H groups in total. The van der Waals surface area contributed by atoms with Crippen LogP contribution in [0.15, 0.2) is 30.7 Å². The van der Waals surface area contributed by atoms with E-state index < -0.39 is 0 Å². The molecule has 0 fully saturated rings. The van der Waals surface area contributed by atoms with E-state index in [0.29, 0.717) is 22.2 Å². The lowest BCUT2D eigenvalue weighted by atomic mass is 10.2. The fraction of sp³-hybridized carbons (Fsp3) is 0.0909. The summed E-state index contributed by atoms with van der Waals surface area (Å²) in [6, 6.07) is 4.71. The van der Waals surface area contributed by atoms with Crippen LogP contribution in [0.25, 0.3) is 0 Å². The first-order chi connectivity index (χ1) is 8.15. The summed E-state index contributed by atoms with van der Waals surface area (Å²) in [7, 11) is 0. The lowest BCUT2D eigenvalue weighted by Gasteiger charge is -2.04. The van der Waals surface area contributed by atoms with E-state index in [9.17, 15) is 4.79 Å². The Morgan fingerprint density at radius 2 is 2.00 bits per heavy atom. The molecule has 0 aliphatic rings. The highest BCUT2D eigenvalue weighted by atomic mass is 35.5. The summed E-state index contributed by atoms with van der Waals surface area (Å²) in [5.41, 5.74) is 1.26. The second-order valence-corrected chi connectivity index (χ2v) is 4.29. The summed E-state index contributed by atoms with van der Waals surface area (Å²) in [5, 5.41) is 3.60. The standard InChI is InChI=1S/C11H9Cl2N3O/c12-8-1-7(2-9(13)3-8)11(17)15-5-10-4-14-6-16-10/h1-4,6H,5H2,(H,14,16)(H,15,17). The average Bonchev–Trinajstić information content (AvgIpc) is 2.77. The SMILES string of the molecule is O=C(NCc1cnc[nH]1)c1cc(Cl)cc(Cl)c1. The van der Waals surface area contributed by atoms with Crippen molar-refractivity contribution in [3.05, 3.63) is 52.0 Å². The van der Waals surface area contributed by atoms with Gasteiger partial charge in [-0.2, -0.15) is 0 Å². The molecular formula is C11H9Cl2N3O. The van der Waals surface area contributed by atoms with Gasteiger partial charge in [0.05, 0.1) is 18.6 Å². The number of hydrogen-bond acceptors (Lipinski definition) is 2. The quantitative estimate of drug-likeness (QED) is 0.900. The van der Waals surface area contributed by atoms with Crippen molar-refractivity contribution in [2.24, 2.45) is 0 Å². The van der Waals surface area contributed by atoms with Crippen LogP contribution < -0.4 is 5.32 Å². The van der Waals surface area contributed by atoms with Crippen LogP contribution in [0.3, 0.4) is 0 Å². The molecule has 0 atom stereocenters. The maximum Gasteiger partial charge on any atom is 0.251 e. The minimum atomic E-state index is -0.232. The first kappa shape index (κ1) is 12.0. The van der Waals surface area contributed by atoms with Gasteiger partial charge in [0.2, 0.25) is 0 Å². The highest BCUT2D eigenvalue weighted by Crippen LogP contribution is 2.18. The zero-order chi connectivity index (χ0) is 12.3. The molecule has 4 nitrogen and oxygen atoms in total. The molecule has 0 unspecified atom stereocenters. The number of benzene rings is 1. The lowest BCUT2D eigenvalue weighted by molar-refractivity contribution is 0.0950. The fourth-order valence-electron chi connectivity index (χ4n) is 1.34. The van der Waals surface area contributed by atoms with Crippen LogP contribution in [-0.4, -0.2) is 15.9 Å². The number of amides is 1. The third-order valence-electron chi connectivity index (χ3n) is 2.12. The summed E-state index contributed by atoms with van der Waals surface area (Å²) >= 11 is 11.6. The van der Waals surface area contributed by atoms with Crippen molar-refractivity contribution in [3.63, 3.8) is 0 Å². The molecule has 1 heterocycles. The van der Waals surface area contributed by atoms with E-state index in [0.717, 1.165) is 5.69 Å².